The molecule has 1 aromatic carbocycles. The van der Waals surface area contributed by atoms with Crippen molar-refractivity contribution in [2.45, 2.75) is 6.42 Å². The van der Waals surface area contributed by atoms with E-state index in [9.17, 15) is 9.59 Å². The lowest BCUT2D eigenvalue weighted by molar-refractivity contribution is -0.123. The molecular formula is C11H7ClINO2. The maximum atomic E-state index is 11.8. The van der Waals surface area contributed by atoms with Crippen molar-refractivity contribution in [1.29, 1.82) is 0 Å². The van der Waals surface area contributed by atoms with Crippen molar-refractivity contribution in [3.05, 3.63) is 26.8 Å². The van der Waals surface area contributed by atoms with Crippen LogP contribution in [0.15, 0.2) is 18.2 Å². The fourth-order valence-corrected chi connectivity index (χ4v) is 3.02. The SMILES string of the molecule is O=C1C2CC2C(=O)N1c1ccc(I)cc1Cl. The van der Waals surface area contributed by atoms with Gasteiger partial charge < -0.3 is 0 Å². The number of benzene rings is 1. The highest BCUT2D eigenvalue weighted by molar-refractivity contribution is 14.1. The number of fused-ring (bicyclic) bond motifs is 1. The predicted molar refractivity (Wildman–Crippen MR) is 68.3 cm³/mol. The first-order valence-corrected chi connectivity index (χ1v) is 6.38. The molecule has 16 heavy (non-hydrogen) atoms. The van der Waals surface area contributed by atoms with Crippen LogP contribution < -0.4 is 4.90 Å². The Morgan fingerprint density at radius 1 is 1.25 bits per heavy atom. The van der Waals surface area contributed by atoms with Crippen LogP contribution in [0, 0.1) is 15.4 Å². The third-order valence-electron chi connectivity index (χ3n) is 3.02. The molecule has 0 spiro atoms. The molecule has 2 atom stereocenters. The summed E-state index contributed by atoms with van der Waals surface area (Å²) in [5.41, 5.74) is 0.518. The van der Waals surface area contributed by atoms with Gasteiger partial charge in [0.25, 0.3) is 0 Å². The number of anilines is 1. The van der Waals surface area contributed by atoms with Crippen molar-refractivity contribution >= 4 is 51.7 Å². The molecule has 2 fully saturated rings. The molecule has 2 aliphatic rings. The minimum absolute atomic E-state index is 0.0807. The van der Waals surface area contributed by atoms with Crippen molar-refractivity contribution in [3.63, 3.8) is 0 Å². The molecule has 1 saturated carbocycles. The van der Waals surface area contributed by atoms with E-state index >= 15 is 0 Å². The van der Waals surface area contributed by atoms with Crippen LogP contribution in [0.3, 0.4) is 0 Å². The zero-order valence-corrected chi connectivity index (χ0v) is 11.0. The van der Waals surface area contributed by atoms with E-state index in [1.807, 2.05) is 6.07 Å². The Morgan fingerprint density at radius 2 is 1.88 bits per heavy atom. The summed E-state index contributed by atoms with van der Waals surface area (Å²) in [6, 6.07) is 5.32. The molecule has 5 heteroatoms. The van der Waals surface area contributed by atoms with Gasteiger partial charge in [-0.15, -0.1) is 0 Å². The summed E-state index contributed by atoms with van der Waals surface area (Å²) in [7, 11) is 0. The van der Waals surface area contributed by atoms with Crippen molar-refractivity contribution in [2.24, 2.45) is 11.8 Å². The lowest BCUT2D eigenvalue weighted by Crippen LogP contribution is -2.32. The minimum atomic E-state index is -0.0990. The average molecular weight is 348 g/mol. The maximum absolute atomic E-state index is 11.8. The van der Waals surface area contributed by atoms with E-state index in [0.717, 1.165) is 9.99 Å². The molecular weight excluding hydrogens is 340 g/mol. The minimum Gasteiger partial charge on any atom is -0.274 e. The first kappa shape index (κ1) is 10.5. The lowest BCUT2D eigenvalue weighted by Gasteiger charge is -2.17. The molecule has 1 heterocycles. The molecule has 2 amide bonds. The Morgan fingerprint density at radius 3 is 2.44 bits per heavy atom. The molecule has 2 unspecified atom stereocenters. The Bertz CT molecular complexity index is 497. The molecule has 1 saturated heterocycles. The number of amides is 2. The van der Waals surface area contributed by atoms with Gasteiger partial charge in [-0.05, 0) is 47.2 Å². The standard InChI is InChI=1S/C11H7ClINO2/c12-8-3-5(13)1-2-9(8)14-10(15)6-4-7(6)11(14)16/h1-3,6-7H,4H2. The van der Waals surface area contributed by atoms with Gasteiger partial charge in [-0.1, -0.05) is 11.6 Å². The topological polar surface area (TPSA) is 37.4 Å². The van der Waals surface area contributed by atoms with E-state index in [0.29, 0.717) is 10.7 Å². The number of carbonyl (C=O) groups excluding carboxylic acids is 2. The quantitative estimate of drug-likeness (QED) is 0.578. The number of piperidine rings is 1. The van der Waals surface area contributed by atoms with Gasteiger partial charge >= 0.3 is 0 Å². The first-order valence-electron chi connectivity index (χ1n) is 4.92. The van der Waals surface area contributed by atoms with Gasteiger partial charge in [0.05, 0.1) is 22.5 Å². The van der Waals surface area contributed by atoms with Gasteiger partial charge in [0, 0.05) is 3.57 Å². The Kier molecular flexibility index (Phi) is 2.26. The molecule has 1 aliphatic heterocycles. The smallest absolute Gasteiger partial charge is 0.237 e. The number of halogens is 2. The third-order valence-corrected chi connectivity index (χ3v) is 3.99. The largest absolute Gasteiger partial charge is 0.274 e. The number of rotatable bonds is 1. The molecule has 1 aromatic rings. The zero-order valence-electron chi connectivity index (χ0n) is 8.11. The summed E-state index contributed by atoms with van der Waals surface area (Å²) in [5.74, 6) is -0.359. The summed E-state index contributed by atoms with van der Waals surface area (Å²) in [5, 5.41) is 0.454. The van der Waals surface area contributed by atoms with Gasteiger partial charge in [-0.3, -0.25) is 9.59 Å². The fraction of sp³-hybridized carbons (Fsp3) is 0.273. The molecule has 0 bridgehead atoms. The highest BCUT2D eigenvalue weighted by Crippen LogP contribution is 2.49. The van der Waals surface area contributed by atoms with Crippen LogP contribution in [0.5, 0.6) is 0 Å². The van der Waals surface area contributed by atoms with E-state index in [2.05, 4.69) is 22.6 Å². The second-order valence-corrected chi connectivity index (χ2v) is 5.71. The number of hydrogen-bond acceptors (Lipinski definition) is 2. The third kappa shape index (κ3) is 1.39. The summed E-state index contributed by atoms with van der Waals surface area (Å²) < 4.78 is 0.982. The molecule has 0 N–H and O–H groups in total. The molecule has 82 valence electrons. The Labute approximate surface area is 111 Å². The normalized spacial score (nSPS) is 27.2. The second-order valence-electron chi connectivity index (χ2n) is 4.06. The lowest BCUT2D eigenvalue weighted by atomic mass is 10.2. The van der Waals surface area contributed by atoms with Crippen molar-refractivity contribution in [3.8, 4) is 0 Å². The van der Waals surface area contributed by atoms with Gasteiger partial charge in [0.15, 0.2) is 0 Å². The van der Waals surface area contributed by atoms with Crippen molar-refractivity contribution < 1.29 is 9.59 Å². The number of imide groups is 1. The van der Waals surface area contributed by atoms with Gasteiger partial charge in [0.1, 0.15) is 0 Å². The summed E-state index contributed by atoms with van der Waals surface area (Å²) in [6.45, 7) is 0. The van der Waals surface area contributed by atoms with E-state index < -0.39 is 0 Å². The highest BCUT2D eigenvalue weighted by Gasteiger charge is 2.59. The van der Waals surface area contributed by atoms with Crippen molar-refractivity contribution in [2.75, 3.05) is 4.90 Å². The van der Waals surface area contributed by atoms with E-state index in [1.54, 1.807) is 12.1 Å². The van der Waals surface area contributed by atoms with E-state index in [4.69, 9.17) is 11.6 Å². The molecule has 0 radical (unpaired) electrons. The molecule has 0 aromatic heterocycles. The predicted octanol–water partition coefficient (Wildman–Crippen LogP) is 2.45. The van der Waals surface area contributed by atoms with Crippen molar-refractivity contribution in [1.82, 2.24) is 0 Å². The van der Waals surface area contributed by atoms with Gasteiger partial charge in [-0.25, -0.2) is 4.90 Å². The summed E-state index contributed by atoms with van der Waals surface area (Å²) in [4.78, 5) is 24.9. The zero-order chi connectivity index (χ0) is 11.4. The molecule has 1 aliphatic carbocycles. The average Bonchev–Trinajstić information content (AvgIpc) is 2.96. The van der Waals surface area contributed by atoms with Crippen LogP contribution in [0.2, 0.25) is 5.02 Å². The van der Waals surface area contributed by atoms with Crippen LogP contribution in [0.4, 0.5) is 5.69 Å². The summed E-state index contributed by atoms with van der Waals surface area (Å²) in [6.07, 6.45) is 0.718. The van der Waals surface area contributed by atoms with Gasteiger partial charge in [0.2, 0.25) is 11.8 Å². The highest BCUT2D eigenvalue weighted by atomic mass is 127. The monoisotopic (exact) mass is 347 g/mol. The number of carbonyl (C=O) groups is 2. The summed E-state index contributed by atoms with van der Waals surface area (Å²) >= 11 is 8.19. The maximum Gasteiger partial charge on any atom is 0.237 e. The first-order chi connectivity index (χ1) is 7.59. The van der Waals surface area contributed by atoms with Gasteiger partial charge in [-0.2, -0.15) is 0 Å². The van der Waals surface area contributed by atoms with E-state index in [-0.39, 0.29) is 23.7 Å². The molecule has 3 rings (SSSR count). The van der Waals surface area contributed by atoms with Crippen LogP contribution >= 0.6 is 34.2 Å². The molecule has 3 nitrogen and oxygen atoms in total. The van der Waals surface area contributed by atoms with Crippen LogP contribution in [-0.4, -0.2) is 11.8 Å². The van der Waals surface area contributed by atoms with Crippen LogP contribution in [0.25, 0.3) is 0 Å². The number of nitrogens with zero attached hydrogens (tertiary/aromatic N) is 1. The Balaban J connectivity index is 2.04. The fourth-order valence-electron chi connectivity index (χ4n) is 2.08. The second kappa shape index (κ2) is 3.43. The van der Waals surface area contributed by atoms with Crippen LogP contribution in [-0.2, 0) is 9.59 Å². The number of hydrogen-bond donors (Lipinski definition) is 0. The van der Waals surface area contributed by atoms with Crippen LogP contribution in [0.1, 0.15) is 6.42 Å². The Hall–Kier alpha value is -0.620. The van der Waals surface area contributed by atoms with E-state index in [1.165, 1.54) is 4.90 Å².